The fourth-order valence-electron chi connectivity index (χ4n) is 2.01. The van der Waals surface area contributed by atoms with Crippen molar-refractivity contribution in [2.75, 3.05) is 11.4 Å². The molecule has 0 spiro atoms. The molecule has 2 aromatic rings. The SMILES string of the molecule is N#Cc1ccc(N2CCn3ccnc3C2)nc1. The molecular formula is C12H11N5. The van der Waals surface area contributed by atoms with Crippen LogP contribution >= 0.6 is 0 Å². The Balaban J connectivity index is 1.84. The van der Waals surface area contributed by atoms with Gasteiger partial charge in [0.15, 0.2) is 0 Å². The van der Waals surface area contributed by atoms with Crippen molar-refractivity contribution in [3.63, 3.8) is 0 Å². The van der Waals surface area contributed by atoms with E-state index >= 15 is 0 Å². The Morgan fingerprint density at radius 2 is 2.18 bits per heavy atom. The zero-order chi connectivity index (χ0) is 11.7. The first-order chi connectivity index (χ1) is 8.36. The van der Waals surface area contributed by atoms with E-state index in [-0.39, 0.29) is 0 Å². The molecule has 0 amide bonds. The molecule has 3 rings (SSSR count). The molecule has 0 saturated carbocycles. The number of nitrogens with zero attached hydrogens (tertiary/aromatic N) is 5. The fourth-order valence-corrected chi connectivity index (χ4v) is 2.01. The molecule has 0 unspecified atom stereocenters. The lowest BCUT2D eigenvalue weighted by atomic mass is 10.3. The van der Waals surface area contributed by atoms with Gasteiger partial charge in [-0.25, -0.2) is 9.97 Å². The molecular weight excluding hydrogens is 214 g/mol. The molecule has 5 nitrogen and oxygen atoms in total. The van der Waals surface area contributed by atoms with Gasteiger partial charge in [0, 0.05) is 31.7 Å². The molecule has 1 aliphatic heterocycles. The van der Waals surface area contributed by atoms with Gasteiger partial charge in [-0.15, -0.1) is 0 Å². The topological polar surface area (TPSA) is 57.7 Å². The van der Waals surface area contributed by atoms with Crippen molar-refractivity contribution in [1.29, 1.82) is 5.26 Å². The number of anilines is 1. The minimum Gasteiger partial charge on any atom is -0.347 e. The van der Waals surface area contributed by atoms with Crippen LogP contribution in [0.5, 0.6) is 0 Å². The summed E-state index contributed by atoms with van der Waals surface area (Å²) in [6.07, 6.45) is 5.43. The highest BCUT2D eigenvalue weighted by Gasteiger charge is 2.17. The highest BCUT2D eigenvalue weighted by Crippen LogP contribution is 2.17. The lowest BCUT2D eigenvalue weighted by Crippen LogP contribution is -2.34. The van der Waals surface area contributed by atoms with Gasteiger partial charge in [0.2, 0.25) is 0 Å². The number of nitriles is 1. The first kappa shape index (κ1) is 9.85. The zero-order valence-corrected chi connectivity index (χ0v) is 9.24. The van der Waals surface area contributed by atoms with Gasteiger partial charge in [0.25, 0.3) is 0 Å². The minimum atomic E-state index is 0.590. The van der Waals surface area contributed by atoms with Gasteiger partial charge in [-0.2, -0.15) is 5.26 Å². The third-order valence-electron chi connectivity index (χ3n) is 2.95. The number of fused-ring (bicyclic) bond motifs is 1. The summed E-state index contributed by atoms with van der Waals surface area (Å²) in [5, 5.41) is 8.72. The second-order valence-electron chi connectivity index (χ2n) is 3.98. The minimum absolute atomic E-state index is 0.590. The van der Waals surface area contributed by atoms with E-state index in [1.807, 2.05) is 18.5 Å². The zero-order valence-electron chi connectivity index (χ0n) is 9.24. The molecule has 0 aliphatic carbocycles. The van der Waals surface area contributed by atoms with Gasteiger partial charge in [-0.1, -0.05) is 0 Å². The van der Waals surface area contributed by atoms with Crippen molar-refractivity contribution in [2.45, 2.75) is 13.1 Å². The predicted octanol–water partition coefficient (Wildman–Crippen LogP) is 1.17. The molecule has 0 fully saturated rings. The Morgan fingerprint density at radius 3 is 2.94 bits per heavy atom. The molecule has 0 aromatic carbocycles. The second-order valence-corrected chi connectivity index (χ2v) is 3.98. The lowest BCUT2D eigenvalue weighted by molar-refractivity contribution is 0.556. The van der Waals surface area contributed by atoms with Crippen molar-refractivity contribution in [3.05, 3.63) is 42.1 Å². The predicted molar refractivity (Wildman–Crippen MR) is 62.2 cm³/mol. The first-order valence-electron chi connectivity index (χ1n) is 5.48. The summed E-state index contributed by atoms with van der Waals surface area (Å²) < 4.78 is 2.15. The normalized spacial score (nSPS) is 14.2. The summed E-state index contributed by atoms with van der Waals surface area (Å²) >= 11 is 0. The summed E-state index contributed by atoms with van der Waals surface area (Å²) in [5.41, 5.74) is 0.590. The van der Waals surface area contributed by atoms with Crippen LogP contribution in [0, 0.1) is 11.3 Å². The van der Waals surface area contributed by atoms with E-state index < -0.39 is 0 Å². The van der Waals surface area contributed by atoms with Crippen LogP contribution in [0.1, 0.15) is 11.4 Å². The number of imidazole rings is 1. The second kappa shape index (κ2) is 3.91. The fraction of sp³-hybridized carbons (Fsp3) is 0.250. The van der Waals surface area contributed by atoms with Crippen LogP contribution in [-0.2, 0) is 13.1 Å². The van der Waals surface area contributed by atoms with E-state index in [2.05, 4.69) is 25.5 Å². The van der Waals surface area contributed by atoms with Crippen LogP contribution < -0.4 is 4.90 Å². The van der Waals surface area contributed by atoms with Gasteiger partial charge in [0.05, 0.1) is 12.1 Å². The Morgan fingerprint density at radius 1 is 1.24 bits per heavy atom. The highest BCUT2D eigenvalue weighted by atomic mass is 15.3. The number of pyridine rings is 1. The van der Waals surface area contributed by atoms with Gasteiger partial charge >= 0.3 is 0 Å². The number of rotatable bonds is 1. The summed E-state index contributed by atoms with van der Waals surface area (Å²) in [4.78, 5) is 10.8. The molecule has 1 aliphatic rings. The number of aromatic nitrogens is 3. The smallest absolute Gasteiger partial charge is 0.129 e. The molecule has 0 radical (unpaired) electrons. The van der Waals surface area contributed by atoms with Crippen molar-refractivity contribution in [3.8, 4) is 6.07 Å². The Hall–Kier alpha value is -2.35. The monoisotopic (exact) mass is 225 g/mol. The van der Waals surface area contributed by atoms with Crippen molar-refractivity contribution >= 4 is 5.82 Å². The summed E-state index contributed by atoms with van der Waals surface area (Å²) in [6, 6.07) is 5.75. The Kier molecular flexibility index (Phi) is 2.26. The molecule has 0 saturated heterocycles. The molecule has 84 valence electrons. The van der Waals surface area contributed by atoms with Gasteiger partial charge in [0.1, 0.15) is 17.7 Å². The number of hydrogen-bond donors (Lipinski definition) is 0. The average Bonchev–Trinajstić information content (AvgIpc) is 2.86. The van der Waals surface area contributed by atoms with Crippen molar-refractivity contribution in [1.82, 2.24) is 14.5 Å². The van der Waals surface area contributed by atoms with Crippen LogP contribution in [-0.4, -0.2) is 21.1 Å². The first-order valence-corrected chi connectivity index (χ1v) is 5.48. The van der Waals surface area contributed by atoms with Gasteiger partial charge in [-0.3, -0.25) is 0 Å². The van der Waals surface area contributed by atoms with Crippen LogP contribution in [0.2, 0.25) is 0 Å². The number of hydrogen-bond acceptors (Lipinski definition) is 4. The third-order valence-corrected chi connectivity index (χ3v) is 2.95. The van der Waals surface area contributed by atoms with E-state index in [1.165, 1.54) is 0 Å². The summed E-state index contributed by atoms with van der Waals surface area (Å²) in [7, 11) is 0. The van der Waals surface area contributed by atoms with Crippen LogP contribution in [0.4, 0.5) is 5.82 Å². The maximum Gasteiger partial charge on any atom is 0.129 e. The van der Waals surface area contributed by atoms with Crippen molar-refractivity contribution < 1.29 is 0 Å². The largest absolute Gasteiger partial charge is 0.347 e. The van der Waals surface area contributed by atoms with E-state index in [0.29, 0.717) is 5.56 Å². The van der Waals surface area contributed by atoms with Crippen LogP contribution in [0.3, 0.4) is 0 Å². The maximum absolute atomic E-state index is 8.72. The molecule has 2 aromatic heterocycles. The van der Waals surface area contributed by atoms with E-state index in [4.69, 9.17) is 5.26 Å². The standard InChI is InChI=1S/C12H11N5/c13-7-10-1-2-11(15-8-10)17-6-5-16-4-3-14-12(16)9-17/h1-4,8H,5-6,9H2. The molecule has 5 heteroatoms. The van der Waals surface area contributed by atoms with Crippen LogP contribution in [0.25, 0.3) is 0 Å². The highest BCUT2D eigenvalue weighted by molar-refractivity contribution is 5.42. The van der Waals surface area contributed by atoms with Crippen molar-refractivity contribution in [2.24, 2.45) is 0 Å². The maximum atomic E-state index is 8.72. The lowest BCUT2D eigenvalue weighted by Gasteiger charge is -2.28. The van der Waals surface area contributed by atoms with Gasteiger partial charge < -0.3 is 9.47 Å². The molecule has 17 heavy (non-hydrogen) atoms. The van der Waals surface area contributed by atoms with Gasteiger partial charge in [-0.05, 0) is 12.1 Å². The Labute approximate surface area is 99.0 Å². The van der Waals surface area contributed by atoms with E-state index in [0.717, 1.165) is 31.3 Å². The van der Waals surface area contributed by atoms with Crippen LogP contribution in [0.15, 0.2) is 30.7 Å². The summed E-state index contributed by atoms with van der Waals surface area (Å²) in [5.74, 6) is 1.96. The quantitative estimate of drug-likeness (QED) is 0.731. The van der Waals surface area contributed by atoms with E-state index in [9.17, 15) is 0 Å². The molecule has 0 N–H and O–H groups in total. The average molecular weight is 225 g/mol. The summed E-state index contributed by atoms with van der Waals surface area (Å²) in [6.45, 7) is 2.62. The third kappa shape index (κ3) is 1.74. The van der Waals surface area contributed by atoms with E-state index in [1.54, 1.807) is 12.3 Å². The molecule has 0 bridgehead atoms. The molecule has 3 heterocycles. The molecule has 0 atom stereocenters. The Bertz CT molecular complexity index is 563.